The van der Waals surface area contributed by atoms with Gasteiger partial charge in [-0.05, 0) is 30.0 Å². The van der Waals surface area contributed by atoms with Crippen LogP contribution in [-0.2, 0) is 25.8 Å². The van der Waals surface area contributed by atoms with Crippen LogP contribution in [0.2, 0.25) is 0 Å². The smallest absolute Gasteiger partial charge is 0.227 e. The monoisotopic (exact) mass is 350 g/mol. The molecule has 0 radical (unpaired) electrons. The number of carbonyl (C=O) groups is 2. The molecule has 0 unspecified atom stereocenters. The molecule has 2 amide bonds. The van der Waals surface area contributed by atoms with E-state index in [-0.39, 0.29) is 29.2 Å². The number of nitrogens with zero attached hydrogens (tertiary/aromatic N) is 2. The third-order valence-corrected chi connectivity index (χ3v) is 6.24. The van der Waals surface area contributed by atoms with E-state index in [2.05, 4.69) is 0 Å². The maximum atomic E-state index is 12.5. The van der Waals surface area contributed by atoms with Gasteiger partial charge in [0, 0.05) is 32.8 Å². The zero-order valence-electron chi connectivity index (χ0n) is 13.9. The summed E-state index contributed by atoms with van der Waals surface area (Å²) in [6.45, 7) is 1.27. The highest BCUT2D eigenvalue weighted by Gasteiger charge is 2.41. The molecule has 0 bridgehead atoms. The Morgan fingerprint density at radius 3 is 2.54 bits per heavy atom. The molecule has 0 aliphatic carbocycles. The van der Waals surface area contributed by atoms with Crippen molar-refractivity contribution < 1.29 is 18.0 Å². The van der Waals surface area contributed by atoms with Crippen LogP contribution in [0.5, 0.6) is 0 Å². The van der Waals surface area contributed by atoms with E-state index in [1.54, 1.807) is 17.0 Å². The minimum absolute atomic E-state index is 0.0216. The van der Waals surface area contributed by atoms with E-state index in [1.807, 2.05) is 11.9 Å². The summed E-state index contributed by atoms with van der Waals surface area (Å²) in [6, 6.07) is 6.57. The van der Waals surface area contributed by atoms with Gasteiger partial charge in [-0.1, -0.05) is 12.1 Å². The summed E-state index contributed by atoms with van der Waals surface area (Å²) >= 11 is 0. The van der Waals surface area contributed by atoms with Crippen molar-refractivity contribution in [2.45, 2.75) is 30.2 Å². The van der Waals surface area contributed by atoms with Crippen molar-refractivity contribution >= 4 is 21.7 Å². The second-order valence-electron chi connectivity index (χ2n) is 6.76. The molecule has 1 aromatic rings. The Labute approximate surface area is 142 Å². The number of likely N-dealkylation sites (tertiary alicyclic amines) is 2. The van der Waals surface area contributed by atoms with Gasteiger partial charge in [0.05, 0.1) is 17.4 Å². The Morgan fingerprint density at radius 2 is 1.92 bits per heavy atom. The SMILES string of the molecule is CN1C(=O)C[C@H]2CCN(C(=O)Cc3ccc(S(C)(=O)=O)cc3)C[C@H]21. The molecule has 0 spiro atoms. The lowest BCUT2D eigenvalue weighted by Crippen LogP contribution is -2.49. The minimum Gasteiger partial charge on any atom is -0.341 e. The van der Waals surface area contributed by atoms with Crippen molar-refractivity contribution in [3.05, 3.63) is 29.8 Å². The van der Waals surface area contributed by atoms with Crippen LogP contribution in [0.4, 0.5) is 0 Å². The Kier molecular flexibility index (Phi) is 4.38. The van der Waals surface area contributed by atoms with E-state index < -0.39 is 9.84 Å². The average molecular weight is 350 g/mol. The van der Waals surface area contributed by atoms with E-state index in [1.165, 1.54) is 12.1 Å². The Bertz CT molecular complexity index is 757. The van der Waals surface area contributed by atoms with Crippen molar-refractivity contribution in [2.75, 3.05) is 26.4 Å². The highest BCUT2D eigenvalue weighted by Crippen LogP contribution is 2.31. The van der Waals surface area contributed by atoms with Crippen molar-refractivity contribution in [3.8, 4) is 0 Å². The third-order valence-electron chi connectivity index (χ3n) is 5.11. The molecule has 7 heteroatoms. The summed E-state index contributed by atoms with van der Waals surface area (Å²) in [7, 11) is -1.41. The number of carbonyl (C=O) groups excluding carboxylic acids is 2. The number of likely N-dealkylation sites (N-methyl/N-ethyl adjacent to an activating group) is 1. The molecule has 2 saturated heterocycles. The van der Waals surface area contributed by atoms with Crippen LogP contribution >= 0.6 is 0 Å². The maximum absolute atomic E-state index is 12.5. The number of fused-ring (bicyclic) bond motifs is 1. The van der Waals surface area contributed by atoms with Crippen LogP contribution in [0.15, 0.2) is 29.2 Å². The summed E-state index contributed by atoms with van der Waals surface area (Å²) in [6.07, 6.45) is 2.87. The molecule has 2 fully saturated rings. The fraction of sp³-hybridized carbons (Fsp3) is 0.529. The van der Waals surface area contributed by atoms with Crippen molar-refractivity contribution in [2.24, 2.45) is 5.92 Å². The molecule has 0 N–H and O–H groups in total. The van der Waals surface area contributed by atoms with Crippen LogP contribution in [-0.4, -0.2) is 62.5 Å². The predicted molar refractivity (Wildman–Crippen MR) is 89.1 cm³/mol. The van der Waals surface area contributed by atoms with E-state index >= 15 is 0 Å². The summed E-state index contributed by atoms with van der Waals surface area (Å²) in [5, 5.41) is 0. The quantitative estimate of drug-likeness (QED) is 0.805. The summed E-state index contributed by atoms with van der Waals surface area (Å²) in [5.41, 5.74) is 0.797. The molecule has 2 aliphatic heterocycles. The predicted octanol–water partition coefficient (Wildman–Crippen LogP) is 0.712. The second-order valence-corrected chi connectivity index (χ2v) is 8.77. The van der Waals surface area contributed by atoms with E-state index in [9.17, 15) is 18.0 Å². The van der Waals surface area contributed by atoms with Crippen LogP contribution in [0.25, 0.3) is 0 Å². The van der Waals surface area contributed by atoms with Gasteiger partial charge >= 0.3 is 0 Å². The molecular weight excluding hydrogens is 328 g/mol. The number of hydrogen-bond acceptors (Lipinski definition) is 4. The van der Waals surface area contributed by atoms with E-state index in [0.717, 1.165) is 18.2 Å². The lowest BCUT2D eigenvalue weighted by molar-refractivity contribution is -0.134. The Balaban J connectivity index is 1.64. The maximum Gasteiger partial charge on any atom is 0.227 e. The summed E-state index contributed by atoms with van der Waals surface area (Å²) < 4.78 is 22.9. The number of sulfone groups is 1. The first-order valence-corrected chi connectivity index (χ1v) is 9.97. The van der Waals surface area contributed by atoms with Gasteiger partial charge in [-0.3, -0.25) is 9.59 Å². The van der Waals surface area contributed by atoms with Gasteiger partial charge in [-0.15, -0.1) is 0 Å². The largest absolute Gasteiger partial charge is 0.341 e. The zero-order valence-corrected chi connectivity index (χ0v) is 14.8. The fourth-order valence-electron chi connectivity index (χ4n) is 3.58. The van der Waals surface area contributed by atoms with Gasteiger partial charge in [0.25, 0.3) is 0 Å². The Hall–Kier alpha value is -1.89. The number of rotatable bonds is 3. The van der Waals surface area contributed by atoms with Gasteiger partial charge in [-0.25, -0.2) is 8.42 Å². The number of amides is 2. The van der Waals surface area contributed by atoms with Gasteiger partial charge in [0.15, 0.2) is 9.84 Å². The number of hydrogen-bond donors (Lipinski definition) is 0. The zero-order chi connectivity index (χ0) is 17.5. The molecule has 24 heavy (non-hydrogen) atoms. The Morgan fingerprint density at radius 1 is 1.25 bits per heavy atom. The molecule has 1 aromatic carbocycles. The summed E-state index contributed by atoms with van der Waals surface area (Å²) in [5.74, 6) is 0.546. The molecular formula is C17H22N2O4S. The first-order valence-electron chi connectivity index (χ1n) is 8.08. The molecule has 130 valence electrons. The first-order chi connectivity index (χ1) is 11.3. The third kappa shape index (κ3) is 3.31. The van der Waals surface area contributed by atoms with Crippen molar-refractivity contribution in [1.82, 2.24) is 9.80 Å². The van der Waals surface area contributed by atoms with Crippen LogP contribution in [0, 0.1) is 5.92 Å². The van der Waals surface area contributed by atoms with Gasteiger partial charge in [-0.2, -0.15) is 0 Å². The minimum atomic E-state index is -3.22. The van der Waals surface area contributed by atoms with Crippen molar-refractivity contribution in [1.29, 1.82) is 0 Å². The van der Waals surface area contributed by atoms with E-state index in [0.29, 0.717) is 25.4 Å². The van der Waals surface area contributed by atoms with Crippen LogP contribution < -0.4 is 0 Å². The number of piperidine rings is 1. The average Bonchev–Trinajstić information content (AvgIpc) is 2.81. The van der Waals surface area contributed by atoms with Crippen LogP contribution in [0.3, 0.4) is 0 Å². The molecule has 2 atom stereocenters. The molecule has 0 saturated carbocycles. The van der Waals surface area contributed by atoms with Gasteiger partial charge < -0.3 is 9.80 Å². The molecule has 2 aliphatic rings. The van der Waals surface area contributed by atoms with Gasteiger partial charge in [0.2, 0.25) is 11.8 Å². The van der Waals surface area contributed by atoms with Gasteiger partial charge in [0.1, 0.15) is 0 Å². The molecule has 0 aromatic heterocycles. The molecule has 6 nitrogen and oxygen atoms in total. The lowest BCUT2D eigenvalue weighted by Gasteiger charge is -2.37. The molecule has 2 heterocycles. The standard InChI is InChI=1S/C17H22N2O4S/c1-18-15-11-19(8-7-13(15)10-16(18)20)17(21)9-12-3-5-14(6-4-12)24(2,22)23/h3-6,13,15H,7-11H2,1-2H3/t13-,15-/m1/s1. The van der Waals surface area contributed by atoms with Crippen LogP contribution in [0.1, 0.15) is 18.4 Å². The normalized spacial score (nSPS) is 24.2. The molecule has 3 rings (SSSR count). The highest BCUT2D eigenvalue weighted by molar-refractivity contribution is 7.90. The summed E-state index contributed by atoms with van der Waals surface area (Å²) in [4.78, 5) is 28.2. The number of benzene rings is 1. The second kappa shape index (κ2) is 6.20. The topological polar surface area (TPSA) is 74.8 Å². The van der Waals surface area contributed by atoms with E-state index in [4.69, 9.17) is 0 Å². The fourth-order valence-corrected chi connectivity index (χ4v) is 4.21. The van der Waals surface area contributed by atoms with Crippen molar-refractivity contribution in [3.63, 3.8) is 0 Å². The highest BCUT2D eigenvalue weighted by atomic mass is 32.2. The first kappa shape index (κ1) is 17.0. The lowest BCUT2D eigenvalue weighted by atomic mass is 9.92.